The molecule has 1 aromatic heterocycles. The molecule has 1 unspecified atom stereocenters. The molecule has 1 aromatic rings. The zero-order chi connectivity index (χ0) is 14.3. The third kappa shape index (κ3) is 2.52. The van der Waals surface area contributed by atoms with Gasteiger partial charge in [-0.05, 0) is 37.7 Å². The van der Waals surface area contributed by atoms with Crippen LogP contribution in [0.1, 0.15) is 44.9 Å². The highest BCUT2D eigenvalue weighted by atomic mass is 32.1. The molecular weight excluding hydrogens is 274 g/mol. The van der Waals surface area contributed by atoms with E-state index >= 15 is 0 Å². The SMILES string of the molecule is COC(=O)c1c(CC(=O)C2CC2)sc2c1CC(N)CC2. The highest BCUT2D eigenvalue weighted by Crippen LogP contribution is 2.37. The molecule has 1 atom stereocenters. The predicted molar refractivity (Wildman–Crippen MR) is 77.1 cm³/mol. The van der Waals surface area contributed by atoms with Crippen molar-refractivity contribution < 1.29 is 14.3 Å². The number of carbonyl (C=O) groups is 2. The highest BCUT2D eigenvalue weighted by Gasteiger charge is 2.33. The van der Waals surface area contributed by atoms with Crippen molar-refractivity contribution in [1.82, 2.24) is 0 Å². The molecular formula is C15H19NO3S. The molecule has 0 aromatic carbocycles. The van der Waals surface area contributed by atoms with Crippen molar-refractivity contribution >= 4 is 23.1 Å². The molecule has 2 N–H and O–H groups in total. The van der Waals surface area contributed by atoms with E-state index in [-0.39, 0.29) is 23.7 Å². The number of ketones is 1. The Morgan fingerprint density at radius 1 is 1.35 bits per heavy atom. The van der Waals surface area contributed by atoms with Gasteiger partial charge in [-0.1, -0.05) is 0 Å². The molecule has 0 amide bonds. The number of ether oxygens (including phenoxy) is 1. The van der Waals surface area contributed by atoms with Crippen LogP contribution in [0.15, 0.2) is 0 Å². The molecule has 3 rings (SSSR count). The van der Waals surface area contributed by atoms with E-state index < -0.39 is 0 Å². The van der Waals surface area contributed by atoms with Crippen LogP contribution >= 0.6 is 11.3 Å². The van der Waals surface area contributed by atoms with Gasteiger partial charge in [0.05, 0.1) is 12.7 Å². The number of esters is 1. The maximum Gasteiger partial charge on any atom is 0.339 e. The standard InChI is InChI=1S/C15H19NO3S/c1-19-15(18)14-10-6-9(16)4-5-12(10)20-13(14)7-11(17)8-2-3-8/h8-9H,2-7,16H2,1H3. The van der Waals surface area contributed by atoms with Gasteiger partial charge in [0, 0.05) is 28.1 Å². The van der Waals surface area contributed by atoms with Gasteiger partial charge >= 0.3 is 5.97 Å². The van der Waals surface area contributed by atoms with Crippen molar-refractivity contribution in [2.75, 3.05) is 7.11 Å². The fourth-order valence-electron chi connectivity index (χ4n) is 2.84. The number of fused-ring (bicyclic) bond motifs is 1. The van der Waals surface area contributed by atoms with E-state index in [0.29, 0.717) is 18.4 Å². The number of aryl methyl sites for hydroxylation is 1. The number of thiophene rings is 1. The van der Waals surface area contributed by atoms with Crippen LogP contribution in [0.5, 0.6) is 0 Å². The Morgan fingerprint density at radius 2 is 2.10 bits per heavy atom. The third-order valence-electron chi connectivity index (χ3n) is 4.13. The Balaban J connectivity index is 1.95. The van der Waals surface area contributed by atoms with E-state index in [1.165, 1.54) is 12.0 Å². The lowest BCUT2D eigenvalue weighted by molar-refractivity contribution is -0.119. The lowest BCUT2D eigenvalue weighted by Gasteiger charge is -2.18. The molecule has 2 aliphatic rings. The number of carbonyl (C=O) groups excluding carboxylic acids is 2. The lowest BCUT2D eigenvalue weighted by Crippen LogP contribution is -2.28. The smallest absolute Gasteiger partial charge is 0.339 e. The lowest BCUT2D eigenvalue weighted by atomic mass is 9.91. The number of nitrogens with two attached hydrogens (primary N) is 1. The van der Waals surface area contributed by atoms with Crippen LogP contribution in [-0.2, 0) is 28.8 Å². The first kappa shape index (κ1) is 13.8. The van der Waals surface area contributed by atoms with Crippen molar-refractivity contribution in [2.24, 2.45) is 11.7 Å². The molecule has 108 valence electrons. The Morgan fingerprint density at radius 3 is 2.75 bits per heavy atom. The summed E-state index contributed by atoms with van der Waals surface area (Å²) in [7, 11) is 1.39. The molecule has 4 nitrogen and oxygen atoms in total. The number of Topliss-reactive ketones (excluding diaryl/α,β-unsaturated/α-hetero) is 1. The second-order valence-corrected chi connectivity index (χ2v) is 6.90. The summed E-state index contributed by atoms with van der Waals surface area (Å²) in [6, 6.07) is 0.104. The fourth-order valence-corrected chi connectivity index (χ4v) is 4.19. The van der Waals surface area contributed by atoms with Crippen molar-refractivity contribution in [3.63, 3.8) is 0 Å². The monoisotopic (exact) mass is 293 g/mol. The van der Waals surface area contributed by atoms with Gasteiger partial charge in [0.1, 0.15) is 5.78 Å². The van der Waals surface area contributed by atoms with E-state index in [9.17, 15) is 9.59 Å². The number of hydrogen-bond donors (Lipinski definition) is 1. The molecule has 0 saturated heterocycles. The minimum Gasteiger partial charge on any atom is -0.465 e. The van der Waals surface area contributed by atoms with Crippen molar-refractivity contribution in [3.05, 3.63) is 20.9 Å². The molecule has 2 aliphatic carbocycles. The molecule has 0 spiro atoms. The van der Waals surface area contributed by atoms with E-state index in [0.717, 1.165) is 36.1 Å². The molecule has 1 fully saturated rings. The summed E-state index contributed by atoms with van der Waals surface area (Å²) in [6.45, 7) is 0. The second kappa shape index (κ2) is 5.30. The summed E-state index contributed by atoms with van der Waals surface area (Å²) >= 11 is 1.60. The normalized spacial score (nSPS) is 21.4. The average molecular weight is 293 g/mol. The largest absolute Gasteiger partial charge is 0.465 e. The number of hydrogen-bond acceptors (Lipinski definition) is 5. The van der Waals surface area contributed by atoms with Gasteiger partial charge in [-0.25, -0.2) is 4.79 Å². The Kier molecular flexibility index (Phi) is 3.65. The molecule has 0 bridgehead atoms. The van der Waals surface area contributed by atoms with Crippen LogP contribution in [0.4, 0.5) is 0 Å². The average Bonchev–Trinajstić information content (AvgIpc) is 3.21. The quantitative estimate of drug-likeness (QED) is 0.860. The highest BCUT2D eigenvalue weighted by molar-refractivity contribution is 7.12. The number of rotatable bonds is 4. The molecule has 0 radical (unpaired) electrons. The fraction of sp³-hybridized carbons (Fsp3) is 0.600. The van der Waals surface area contributed by atoms with Crippen LogP contribution in [0.2, 0.25) is 0 Å². The summed E-state index contributed by atoms with van der Waals surface area (Å²) in [5.74, 6) is 0.162. The number of methoxy groups -OCH3 is 1. The van der Waals surface area contributed by atoms with Crippen LogP contribution in [0.3, 0.4) is 0 Å². The minimum absolute atomic E-state index is 0.104. The molecule has 1 heterocycles. The van der Waals surface area contributed by atoms with Gasteiger partial charge < -0.3 is 10.5 Å². The Bertz CT molecular complexity index is 560. The van der Waals surface area contributed by atoms with Crippen LogP contribution < -0.4 is 5.73 Å². The first-order valence-electron chi connectivity index (χ1n) is 7.10. The summed E-state index contributed by atoms with van der Waals surface area (Å²) in [5, 5.41) is 0. The second-order valence-electron chi connectivity index (χ2n) is 5.71. The summed E-state index contributed by atoms with van der Waals surface area (Å²) < 4.78 is 4.91. The molecule has 0 aliphatic heterocycles. The molecule has 20 heavy (non-hydrogen) atoms. The van der Waals surface area contributed by atoms with Crippen molar-refractivity contribution in [3.8, 4) is 0 Å². The predicted octanol–water partition coefficient (Wildman–Crippen LogP) is 1.87. The zero-order valence-electron chi connectivity index (χ0n) is 11.6. The summed E-state index contributed by atoms with van der Waals surface area (Å²) in [6.07, 6.45) is 4.95. The summed E-state index contributed by atoms with van der Waals surface area (Å²) in [5.41, 5.74) is 7.66. The van der Waals surface area contributed by atoms with Crippen LogP contribution in [0.25, 0.3) is 0 Å². The first-order valence-corrected chi connectivity index (χ1v) is 7.91. The topological polar surface area (TPSA) is 69.4 Å². The minimum atomic E-state index is -0.324. The first-order chi connectivity index (χ1) is 9.60. The van der Waals surface area contributed by atoms with Gasteiger partial charge in [0.15, 0.2) is 0 Å². The van der Waals surface area contributed by atoms with Gasteiger partial charge in [0.2, 0.25) is 0 Å². The van der Waals surface area contributed by atoms with E-state index in [1.54, 1.807) is 11.3 Å². The van der Waals surface area contributed by atoms with E-state index in [4.69, 9.17) is 10.5 Å². The van der Waals surface area contributed by atoms with Crippen LogP contribution in [-0.4, -0.2) is 24.9 Å². The van der Waals surface area contributed by atoms with Gasteiger partial charge in [0.25, 0.3) is 0 Å². The van der Waals surface area contributed by atoms with Gasteiger partial charge in [-0.15, -0.1) is 11.3 Å². The maximum absolute atomic E-state index is 12.1. The van der Waals surface area contributed by atoms with E-state index in [2.05, 4.69) is 0 Å². The molecule has 1 saturated carbocycles. The Hall–Kier alpha value is -1.20. The zero-order valence-corrected chi connectivity index (χ0v) is 12.4. The molecule has 5 heteroatoms. The van der Waals surface area contributed by atoms with E-state index in [1.807, 2.05) is 0 Å². The van der Waals surface area contributed by atoms with Gasteiger partial charge in [-0.3, -0.25) is 4.79 Å². The third-order valence-corrected chi connectivity index (χ3v) is 5.42. The van der Waals surface area contributed by atoms with Crippen LogP contribution in [0, 0.1) is 5.92 Å². The summed E-state index contributed by atoms with van der Waals surface area (Å²) in [4.78, 5) is 26.2. The Labute approximate surface area is 122 Å². The maximum atomic E-state index is 12.1. The van der Waals surface area contributed by atoms with Crippen molar-refractivity contribution in [1.29, 1.82) is 0 Å². The van der Waals surface area contributed by atoms with Gasteiger partial charge in [-0.2, -0.15) is 0 Å². The van der Waals surface area contributed by atoms with Crippen molar-refractivity contribution in [2.45, 2.75) is 44.6 Å².